The van der Waals surface area contributed by atoms with Crippen molar-refractivity contribution >= 4 is 39.3 Å². The molecule has 9 aromatic carbocycles. The fourth-order valence-electron chi connectivity index (χ4n) is 9.73. The van der Waals surface area contributed by atoms with Crippen molar-refractivity contribution < 1.29 is 35.9 Å². The van der Waals surface area contributed by atoms with Gasteiger partial charge in [0.2, 0.25) is 0 Å². The molecule has 10 aromatic rings. The molecule has 0 unspecified atom stereocenters. The maximum Gasteiger partial charge on any atom is 0.417 e. The van der Waals surface area contributed by atoms with E-state index in [2.05, 4.69) is 0 Å². The maximum atomic E-state index is 15.8. The molecule has 1 aliphatic heterocycles. The van der Waals surface area contributed by atoms with Crippen LogP contribution in [0.2, 0.25) is 0 Å². The van der Waals surface area contributed by atoms with Crippen molar-refractivity contribution in [3.63, 3.8) is 0 Å². The van der Waals surface area contributed by atoms with Gasteiger partial charge in [-0.15, -0.1) is 0 Å². The Morgan fingerprint density at radius 3 is 1.21 bits per heavy atom. The van der Waals surface area contributed by atoms with Gasteiger partial charge in [0.1, 0.15) is 0 Å². The number of imide groups is 1. The Morgan fingerprint density at radius 2 is 0.735 bits per heavy atom. The number of hydrogen-bond donors (Lipinski definition) is 0. The number of para-hydroxylation sites is 2. The number of rotatable bonds is 7. The normalized spacial score (nSPS) is 12.9. The van der Waals surface area contributed by atoms with E-state index in [1.807, 2.05) is 103 Å². The highest BCUT2D eigenvalue weighted by molar-refractivity contribution is 6.37. The first-order valence-corrected chi connectivity index (χ1v) is 21.7. The van der Waals surface area contributed by atoms with Crippen molar-refractivity contribution in [2.45, 2.75) is 12.4 Å². The second-order valence-corrected chi connectivity index (χ2v) is 16.5. The van der Waals surface area contributed by atoms with Gasteiger partial charge in [-0.1, -0.05) is 170 Å². The quantitative estimate of drug-likeness (QED) is 0.118. The van der Waals surface area contributed by atoms with Crippen molar-refractivity contribution in [2.75, 3.05) is 4.90 Å². The molecule has 1 aliphatic rings. The second kappa shape index (κ2) is 16.1. The van der Waals surface area contributed by atoms with Crippen LogP contribution in [0.1, 0.15) is 31.8 Å². The summed E-state index contributed by atoms with van der Waals surface area (Å²) in [6.07, 6.45) is -9.57. The first-order chi connectivity index (χ1) is 32.9. The highest BCUT2D eigenvalue weighted by Crippen LogP contribution is 2.50. The predicted molar refractivity (Wildman–Crippen MR) is 256 cm³/mol. The van der Waals surface area contributed by atoms with Crippen molar-refractivity contribution in [1.29, 1.82) is 0 Å². The van der Waals surface area contributed by atoms with Crippen LogP contribution in [-0.2, 0) is 12.4 Å². The Balaban J connectivity index is 1.24. The SMILES string of the molecule is O=C1c2cccc(-n3c4c(-c5ccccc5C(F)(F)F)cccc4c4cccc(-c5ccccc5C(F)(F)F)c43)c2C(=O)N1c1c(-c2ccccc2)cc(-c2ccccc2)cc1-c1ccccc1. The molecule has 0 spiro atoms. The molecule has 68 heavy (non-hydrogen) atoms. The molecule has 0 bridgehead atoms. The minimum absolute atomic E-state index is 0.00834. The van der Waals surface area contributed by atoms with Gasteiger partial charge in [-0.05, 0) is 69.8 Å². The fraction of sp³-hybridized carbons (Fsp3) is 0.0345. The molecule has 0 aliphatic carbocycles. The molecule has 2 heterocycles. The van der Waals surface area contributed by atoms with Gasteiger partial charge < -0.3 is 4.57 Å². The number of carbonyl (C=O) groups excluding carboxylic acids is 2. The number of nitrogens with zero attached hydrogens (tertiary/aromatic N) is 2. The third kappa shape index (κ3) is 6.87. The first-order valence-electron chi connectivity index (χ1n) is 21.7. The predicted octanol–water partition coefficient (Wildman–Crippen LogP) is 16.0. The summed E-state index contributed by atoms with van der Waals surface area (Å²) in [5.74, 6) is -1.38. The molecule has 0 saturated carbocycles. The van der Waals surface area contributed by atoms with Crippen LogP contribution in [0, 0.1) is 0 Å². The van der Waals surface area contributed by atoms with Crippen molar-refractivity contribution in [3.05, 3.63) is 229 Å². The van der Waals surface area contributed by atoms with Crippen LogP contribution in [0.15, 0.2) is 206 Å². The van der Waals surface area contributed by atoms with Gasteiger partial charge in [0.25, 0.3) is 11.8 Å². The van der Waals surface area contributed by atoms with Crippen molar-refractivity contribution in [3.8, 4) is 61.3 Å². The minimum Gasteiger partial charge on any atom is -0.307 e. The van der Waals surface area contributed by atoms with Gasteiger partial charge in [0.05, 0.1) is 44.7 Å². The average molecular weight is 905 g/mol. The summed E-state index contributed by atoms with van der Waals surface area (Å²) < 4.78 is 91.0. The summed E-state index contributed by atoms with van der Waals surface area (Å²) in [5, 5.41) is 0.836. The lowest BCUT2D eigenvalue weighted by molar-refractivity contribution is -0.137. The number of benzene rings is 9. The lowest BCUT2D eigenvalue weighted by Gasteiger charge is -2.24. The van der Waals surface area contributed by atoms with Crippen LogP contribution in [0.4, 0.5) is 32.0 Å². The summed E-state index contributed by atoms with van der Waals surface area (Å²) in [7, 11) is 0. The largest absolute Gasteiger partial charge is 0.417 e. The lowest BCUT2D eigenvalue weighted by Crippen LogP contribution is -2.30. The summed E-state index contributed by atoms with van der Waals surface area (Å²) in [5.41, 5.74) is 3.08. The summed E-state index contributed by atoms with van der Waals surface area (Å²) >= 11 is 0. The molecule has 330 valence electrons. The third-order valence-corrected chi connectivity index (χ3v) is 12.6. The number of alkyl halides is 6. The molecule has 4 nitrogen and oxygen atoms in total. The van der Waals surface area contributed by atoms with E-state index in [9.17, 15) is 26.3 Å². The van der Waals surface area contributed by atoms with Crippen LogP contribution in [0.3, 0.4) is 0 Å². The number of anilines is 1. The second-order valence-electron chi connectivity index (χ2n) is 16.5. The van der Waals surface area contributed by atoms with Crippen molar-refractivity contribution in [1.82, 2.24) is 4.57 Å². The maximum absolute atomic E-state index is 15.8. The van der Waals surface area contributed by atoms with Crippen LogP contribution >= 0.6 is 0 Å². The zero-order valence-corrected chi connectivity index (χ0v) is 35.6. The number of carbonyl (C=O) groups is 2. The highest BCUT2D eigenvalue weighted by Gasteiger charge is 2.43. The molecule has 0 N–H and O–H groups in total. The molecule has 2 amide bonds. The summed E-state index contributed by atoms with van der Waals surface area (Å²) in [6, 6.07) is 56.9. The topological polar surface area (TPSA) is 42.3 Å². The molecular formula is C58H34F6N2O2. The molecular weight excluding hydrogens is 871 g/mol. The number of amides is 2. The van der Waals surface area contributed by atoms with E-state index in [-0.39, 0.29) is 50.1 Å². The average Bonchev–Trinajstić information content (AvgIpc) is 3.84. The molecule has 11 rings (SSSR count). The number of fused-ring (bicyclic) bond motifs is 4. The van der Waals surface area contributed by atoms with E-state index in [0.29, 0.717) is 27.6 Å². The number of hydrogen-bond acceptors (Lipinski definition) is 2. The van der Waals surface area contributed by atoms with Gasteiger partial charge in [-0.3, -0.25) is 9.59 Å². The van der Waals surface area contributed by atoms with Crippen LogP contribution < -0.4 is 4.90 Å². The van der Waals surface area contributed by atoms with Gasteiger partial charge in [-0.2, -0.15) is 26.3 Å². The monoisotopic (exact) mass is 904 g/mol. The van der Waals surface area contributed by atoms with E-state index >= 15 is 9.59 Å². The standard InChI is InChI=1S/C58H34F6N2O2/c59-57(60,61)48-30-12-10-23-39(48)41-25-14-27-43-44-28-15-26-42(40-24-11-13-31-49(40)58(62,63)64)53(44)65(52(41)43)50-32-16-29-45-51(50)56(68)66(55(45)67)54-46(36-19-6-2-7-20-36)33-38(35-17-4-1-5-18-35)34-47(54)37-21-8-3-9-22-37/h1-34H. The zero-order valence-electron chi connectivity index (χ0n) is 35.6. The molecule has 1 aromatic heterocycles. The van der Waals surface area contributed by atoms with Crippen molar-refractivity contribution in [2.24, 2.45) is 0 Å². The zero-order chi connectivity index (χ0) is 46.9. The fourth-order valence-corrected chi connectivity index (χ4v) is 9.73. The van der Waals surface area contributed by atoms with Gasteiger partial charge in [0, 0.05) is 33.0 Å². The van der Waals surface area contributed by atoms with Gasteiger partial charge >= 0.3 is 12.4 Å². The van der Waals surface area contributed by atoms with E-state index in [4.69, 9.17) is 0 Å². The third-order valence-electron chi connectivity index (χ3n) is 12.6. The van der Waals surface area contributed by atoms with Crippen LogP contribution in [0.5, 0.6) is 0 Å². The molecule has 0 radical (unpaired) electrons. The van der Waals surface area contributed by atoms with E-state index < -0.39 is 35.3 Å². The Kier molecular flexibility index (Phi) is 10.0. The Morgan fingerprint density at radius 1 is 0.338 bits per heavy atom. The van der Waals surface area contributed by atoms with Crippen LogP contribution in [0.25, 0.3) is 83.1 Å². The Hall–Kier alpha value is -8.50. The minimum atomic E-state index is -4.79. The summed E-state index contributed by atoms with van der Waals surface area (Å²) in [4.78, 5) is 32.3. The van der Waals surface area contributed by atoms with E-state index in [0.717, 1.165) is 39.3 Å². The smallest absolute Gasteiger partial charge is 0.307 e. The molecule has 0 saturated heterocycles. The van der Waals surface area contributed by atoms with E-state index in [1.54, 1.807) is 41.0 Å². The highest BCUT2D eigenvalue weighted by atomic mass is 19.4. The number of halogens is 6. The first kappa shape index (κ1) is 42.2. The van der Waals surface area contributed by atoms with Gasteiger partial charge in [-0.25, -0.2) is 4.90 Å². The lowest BCUT2D eigenvalue weighted by atomic mass is 9.90. The number of aromatic nitrogens is 1. The van der Waals surface area contributed by atoms with Crippen LogP contribution in [-0.4, -0.2) is 16.4 Å². The Bertz CT molecular complexity index is 3460. The molecule has 0 fully saturated rings. The summed E-state index contributed by atoms with van der Waals surface area (Å²) in [6.45, 7) is 0. The van der Waals surface area contributed by atoms with E-state index in [1.165, 1.54) is 54.6 Å². The molecule has 0 atom stereocenters. The molecule has 10 heteroatoms. The Labute approximate surface area is 385 Å². The van der Waals surface area contributed by atoms with Gasteiger partial charge in [0.15, 0.2) is 0 Å².